The van der Waals surface area contributed by atoms with E-state index in [0.717, 1.165) is 5.56 Å². The van der Waals surface area contributed by atoms with Crippen LogP contribution >= 0.6 is 0 Å². The summed E-state index contributed by atoms with van der Waals surface area (Å²) in [5, 5.41) is 19.3. The first-order valence-electron chi connectivity index (χ1n) is 6.11. The van der Waals surface area contributed by atoms with E-state index in [1.54, 1.807) is 18.2 Å². The van der Waals surface area contributed by atoms with E-state index < -0.39 is 0 Å². The Morgan fingerprint density at radius 2 is 1.70 bits per heavy atom. The summed E-state index contributed by atoms with van der Waals surface area (Å²) in [5.41, 5.74) is 1.54. The Balaban J connectivity index is 2.29. The van der Waals surface area contributed by atoms with Crippen molar-refractivity contribution in [1.82, 2.24) is 0 Å². The van der Waals surface area contributed by atoms with Crippen LogP contribution in [0.15, 0.2) is 51.7 Å². The number of fused-ring (bicyclic) bond motifs is 1. The van der Waals surface area contributed by atoms with Crippen LogP contribution in [0.5, 0.6) is 11.5 Å². The fourth-order valence-electron chi connectivity index (χ4n) is 2.17. The zero-order valence-corrected chi connectivity index (χ0v) is 10.8. The minimum atomic E-state index is -0.299. The Labute approximate surface area is 114 Å². The van der Waals surface area contributed by atoms with Gasteiger partial charge in [-0.05, 0) is 48.9 Å². The molecule has 2 aromatic carbocycles. The number of rotatable bonds is 1. The lowest BCUT2D eigenvalue weighted by Gasteiger charge is -2.05. The molecule has 4 heteroatoms. The molecule has 3 aromatic rings. The summed E-state index contributed by atoms with van der Waals surface area (Å²) in [7, 11) is 0. The van der Waals surface area contributed by atoms with Crippen LogP contribution in [-0.2, 0) is 0 Å². The summed E-state index contributed by atoms with van der Waals surface area (Å²) < 4.78 is 5.69. The SMILES string of the molecule is Cc1cc(O)c2c(=O)cc(-c3ccc(O)cc3)oc2c1. The van der Waals surface area contributed by atoms with Crippen molar-refractivity contribution in [2.75, 3.05) is 0 Å². The van der Waals surface area contributed by atoms with Crippen LogP contribution in [0.1, 0.15) is 5.56 Å². The van der Waals surface area contributed by atoms with Crippen molar-refractivity contribution in [2.24, 2.45) is 0 Å². The average Bonchev–Trinajstić information content (AvgIpc) is 2.38. The first kappa shape index (κ1) is 12.3. The lowest BCUT2D eigenvalue weighted by molar-refractivity contribution is 0.475. The van der Waals surface area contributed by atoms with Crippen LogP contribution in [-0.4, -0.2) is 10.2 Å². The van der Waals surface area contributed by atoms with E-state index in [4.69, 9.17) is 4.42 Å². The molecule has 0 saturated carbocycles. The molecule has 0 atom stereocenters. The molecular weight excluding hydrogens is 256 g/mol. The molecule has 1 heterocycles. The van der Waals surface area contributed by atoms with Gasteiger partial charge >= 0.3 is 0 Å². The maximum absolute atomic E-state index is 12.1. The summed E-state index contributed by atoms with van der Waals surface area (Å²) in [6.07, 6.45) is 0. The Hall–Kier alpha value is -2.75. The van der Waals surface area contributed by atoms with Crippen molar-refractivity contribution in [3.63, 3.8) is 0 Å². The van der Waals surface area contributed by atoms with Gasteiger partial charge in [0.1, 0.15) is 28.2 Å². The minimum Gasteiger partial charge on any atom is -0.508 e. The molecule has 4 nitrogen and oxygen atoms in total. The predicted molar refractivity (Wildman–Crippen MR) is 76.0 cm³/mol. The van der Waals surface area contributed by atoms with Gasteiger partial charge in [-0.15, -0.1) is 0 Å². The summed E-state index contributed by atoms with van der Waals surface area (Å²) in [6.45, 7) is 1.81. The summed E-state index contributed by atoms with van der Waals surface area (Å²) in [4.78, 5) is 12.1. The van der Waals surface area contributed by atoms with Gasteiger partial charge in [0.2, 0.25) is 0 Å². The first-order valence-corrected chi connectivity index (χ1v) is 6.11. The lowest BCUT2D eigenvalue weighted by atomic mass is 10.1. The van der Waals surface area contributed by atoms with Crippen LogP contribution < -0.4 is 5.43 Å². The van der Waals surface area contributed by atoms with Crippen LogP contribution in [0.3, 0.4) is 0 Å². The highest BCUT2D eigenvalue weighted by Gasteiger charge is 2.11. The number of benzene rings is 2. The Morgan fingerprint density at radius 1 is 1.00 bits per heavy atom. The van der Waals surface area contributed by atoms with E-state index in [-0.39, 0.29) is 22.3 Å². The van der Waals surface area contributed by atoms with Crippen molar-refractivity contribution in [3.8, 4) is 22.8 Å². The number of hydrogen-bond acceptors (Lipinski definition) is 4. The molecule has 0 amide bonds. The molecular formula is C16H12O4. The molecule has 0 aliphatic carbocycles. The standard InChI is InChI=1S/C16H12O4/c1-9-6-12(18)16-13(19)8-14(20-15(16)7-9)10-2-4-11(17)5-3-10/h2-8,17-18H,1H3. The third-order valence-corrected chi connectivity index (χ3v) is 3.11. The van der Waals surface area contributed by atoms with Gasteiger partial charge in [0.15, 0.2) is 5.43 Å². The highest BCUT2D eigenvalue weighted by Crippen LogP contribution is 2.28. The second kappa shape index (κ2) is 4.42. The van der Waals surface area contributed by atoms with Gasteiger partial charge < -0.3 is 14.6 Å². The zero-order valence-electron chi connectivity index (χ0n) is 10.8. The summed E-state index contributed by atoms with van der Waals surface area (Å²) >= 11 is 0. The molecule has 1 aromatic heterocycles. The number of phenolic OH excluding ortho intramolecular Hbond substituents is 2. The molecule has 0 spiro atoms. The minimum absolute atomic E-state index is 0.0778. The van der Waals surface area contributed by atoms with E-state index in [2.05, 4.69) is 0 Å². The molecule has 0 aliphatic heterocycles. The van der Waals surface area contributed by atoms with E-state index >= 15 is 0 Å². The fourth-order valence-corrected chi connectivity index (χ4v) is 2.17. The Morgan fingerprint density at radius 3 is 2.40 bits per heavy atom. The molecule has 0 saturated heterocycles. The smallest absolute Gasteiger partial charge is 0.197 e. The van der Waals surface area contributed by atoms with Crippen molar-refractivity contribution in [1.29, 1.82) is 0 Å². The number of hydrogen-bond donors (Lipinski definition) is 2. The fraction of sp³-hybridized carbons (Fsp3) is 0.0625. The number of aryl methyl sites for hydroxylation is 1. The zero-order chi connectivity index (χ0) is 14.3. The van der Waals surface area contributed by atoms with E-state index in [1.807, 2.05) is 6.92 Å². The summed E-state index contributed by atoms with van der Waals surface area (Å²) in [5.74, 6) is 0.462. The molecule has 0 bridgehead atoms. The van der Waals surface area contributed by atoms with Crippen molar-refractivity contribution >= 4 is 11.0 Å². The maximum atomic E-state index is 12.1. The van der Waals surface area contributed by atoms with E-state index in [9.17, 15) is 15.0 Å². The van der Waals surface area contributed by atoms with Gasteiger partial charge in [0.25, 0.3) is 0 Å². The van der Waals surface area contributed by atoms with Gasteiger partial charge in [-0.2, -0.15) is 0 Å². The van der Waals surface area contributed by atoms with Crippen LogP contribution in [0, 0.1) is 6.92 Å². The quantitative estimate of drug-likeness (QED) is 0.711. The predicted octanol–water partition coefficient (Wildman–Crippen LogP) is 3.18. The molecule has 20 heavy (non-hydrogen) atoms. The third kappa shape index (κ3) is 2.01. The number of aromatic hydroxyl groups is 2. The van der Waals surface area contributed by atoms with E-state index in [1.165, 1.54) is 24.3 Å². The van der Waals surface area contributed by atoms with Gasteiger partial charge in [-0.1, -0.05) is 0 Å². The first-order chi connectivity index (χ1) is 9.54. The van der Waals surface area contributed by atoms with Crippen molar-refractivity contribution < 1.29 is 14.6 Å². The van der Waals surface area contributed by atoms with Gasteiger partial charge in [0.05, 0.1) is 0 Å². The van der Waals surface area contributed by atoms with Crippen molar-refractivity contribution in [3.05, 3.63) is 58.3 Å². The largest absolute Gasteiger partial charge is 0.508 e. The Kier molecular flexibility index (Phi) is 2.71. The molecule has 0 fully saturated rings. The monoisotopic (exact) mass is 268 g/mol. The lowest BCUT2D eigenvalue weighted by Crippen LogP contribution is -2.01. The molecule has 3 rings (SSSR count). The normalized spacial score (nSPS) is 10.8. The molecule has 2 N–H and O–H groups in total. The third-order valence-electron chi connectivity index (χ3n) is 3.11. The molecule has 0 radical (unpaired) electrons. The van der Waals surface area contributed by atoms with Crippen LogP contribution in [0.2, 0.25) is 0 Å². The van der Waals surface area contributed by atoms with Crippen LogP contribution in [0.25, 0.3) is 22.3 Å². The molecule has 0 aliphatic rings. The number of phenols is 2. The van der Waals surface area contributed by atoms with Gasteiger partial charge in [0, 0.05) is 11.6 Å². The topological polar surface area (TPSA) is 70.7 Å². The second-order valence-electron chi connectivity index (χ2n) is 4.68. The maximum Gasteiger partial charge on any atom is 0.197 e. The molecule has 0 unspecified atom stereocenters. The molecule has 100 valence electrons. The van der Waals surface area contributed by atoms with Gasteiger partial charge in [-0.3, -0.25) is 4.79 Å². The second-order valence-corrected chi connectivity index (χ2v) is 4.68. The van der Waals surface area contributed by atoms with Gasteiger partial charge in [-0.25, -0.2) is 0 Å². The average molecular weight is 268 g/mol. The van der Waals surface area contributed by atoms with E-state index in [0.29, 0.717) is 16.9 Å². The van der Waals surface area contributed by atoms with Crippen LogP contribution in [0.4, 0.5) is 0 Å². The van der Waals surface area contributed by atoms with Crippen molar-refractivity contribution in [2.45, 2.75) is 6.92 Å². The Bertz CT molecular complexity index is 845. The highest BCUT2D eigenvalue weighted by molar-refractivity contribution is 5.85. The summed E-state index contributed by atoms with van der Waals surface area (Å²) in [6, 6.07) is 10.9. The highest BCUT2D eigenvalue weighted by atomic mass is 16.3.